The molecule has 1 aliphatic heterocycles. The molecular weight excluding hydrogens is 418 g/mol. The molecule has 8 heteroatoms. The van der Waals surface area contributed by atoms with Crippen LogP contribution in [0.5, 0.6) is 0 Å². The monoisotopic (exact) mass is 443 g/mol. The first-order valence-electron chi connectivity index (χ1n) is 9.84. The summed E-state index contributed by atoms with van der Waals surface area (Å²) in [5.74, 6) is 1.34. The lowest BCUT2D eigenvalue weighted by molar-refractivity contribution is 0.596. The number of hydrogen-bond donors (Lipinski definition) is 1. The van der Waals surface area contributed by atoms with Crippen molar-refractivity contribution in [3.8, 4) is 0 Å². The molecule has 3 aromatic rings. The van der Waals surface area contributed by atoms with Crippen LogP contribution in [0.25, 0.3) is 10.9 Å². The van der Waals surface area contributed by atoms with Crippen LogP contribution in [0.2, 0.25) is 0 Å². The summed E-state index contributed by atoms with van der Waals surface area (Å²) in [7, 11) is -3.32. The number of hydrogen-bond acceptors (Lipinski definition) is 6. The van der Waals surface area contributed by atoms with Crippen molar-refractivity contribution in [3.05, 3.63) is 59.7 Å². The number of nitrogens with zero attached hydrogens (tertiary/aromatic N) is 2. The SMILES string of the molecule is Cc1ccc2nc(N3CCS(=O)(=O)c4ccccc4C3)cc(NCC[S+](C)[O-])c2c1. The predicted octanol–water partition coefficient (Wildman–Crippen LogP) is 3.13. The lowest BCUT2D eigenvalue weighted by atomic mass is 10.1. The molecule has 1 atom stereocenters. The van der Waals surface area contributed by atoms with Crippen molar-refractivity contribution in [2.75, 3.05) is 41.1 Å². The zero-order chi connectivity index (χ0) is 21.3. The van der Waals surface area contributed by atoms with Crippen molar-refractivity contribution in [2.45, 2.75) is 18.4 Å². The van der Waals surface area contributed by atoms with Crippen LogP contribution >= 0.6 is 0 Å². The number of benzene rings is 2. The van der Waals surface area contributed by atoms with Gasteiger partial charge >= 0.3 is 0 Å². The van der Waals surface area contributed by atoms with Gasteiger partial charge in [-0.2, -0.15) is 0 Å². The van der Waals surface area contributed by atoms with Crippen molar-refractivity contribution < 1.29 is 13.0 Å². The number of aromatic nitrogens is 1. The fourth-order valence-corrected chi connectivity index (χ4v) is 5.61. The lowest BCUT2D eigenvalue weighted by Gasteiger charge is -2.23. The molecule has 2 aromatic carbocycles. The van der Waals surface area contributed by atoms with Gasteiger partial charge in [0, 0.05) is 30.2 Å². The number of nitrogens with one attached hydrogen (secondary N) is 1. The largest absolute Gasteiger partial charge is 0.617 e. The van der Waals surface area contributed by atoms with Crippen LogP contribution in [-0.2, 0) is 27.6 Å². The summed E-state index contributed by atoms with van der Waals surface area (Å²) in [6, 6.07) is 15.2. The van der Waals surface area contributed by atoms with Gasteiger partial charge in [-0.25, -0.2) is 13.4 Å². The first kappa shape index (κ1) is 21.0. The molecule has 1 aromatic heterocycles. The van der Waals surface area contributed by atoms with Gasteiger partial charge in [-0.15, -0.1) is 0 Å². The molecule has 158 valence electrons. The molecule has 2 heterocycles. The van der Waals surface area contributed by atoms with Gasteiger partial charge in [-0.1, -0.05) is 41.0 Å². The summed E-state index contributed by atoms with van der Waals surface area (Å²) < 4.78 is 36.9. The standard InChI is InChI=1S/C22H25N3O3S2/c1-16-7-8-19-18(13-16)20(23-9-11-29(2)26)14-22(24-19)25-10-12-30(27,28)21-6-4-3-5-17(21)15-25/h3-8,13-14H,9-12,15H2,1-2H3,(H,23,24). The molecule has 6 nitrogen and oxygen atoms in total. The molecule has 0 bridgehead atoms. The van der Waals surface area contributed by atoms with E-state index in [1.165, 1.54) is 0 Å². The van der Waals surface area contributed by atoms with E-state index in [4.69, 9.17) is 4.98 Å². The van der Waals surface area contributed by atoms with E-state index in [0.717, 1.165) is 33.5 Å². The molecule has 0 spiro atoms. The Kier molecular flexibility index (Phi) is 5.90. The molecule has 0 saturated carbocycles. The Balaban J connectivity index is 1.74. The van der Waals surface area contributed by atoms with E-state index in [2.05, 4.69) is 11.4 Å². The van der Waals surface area contributed by atoms with Crippen LogP contribution < -0.4 is 10.2 Å². The molecule has 0 fully saturated rings. The third-order valence-electron chi connectivity index (χ3n) is 5.28. The van der Waals surface area contributed by atoms with Gasteiger partial charge in [0.2, 0.25) is 0 Å². The Hall–Kier alpha value is -2.29. The van der Waals surface area contributed by atoms with Gasteiger partial charge < -0.3 is 14.8 Å². The van der Waals surface area contributed by atoms with E-state index in [1.807, 2.05) is 42.2 Å². The maximum atomic E-state index is 12.7. The number of anilines is 2. The number of rotatable bonds is 5. The third kappa shape index (κ3) is 4.40. The highest BCUT2D eigenvalue weighted by Crippen LogP contribution is 2.31. The summed E-state index contributed by atoms with van der Waals surface area (Å²) in [5.41, 5.74) is 3.69. The highest BCUT2D eigenvalue weighted by molar-refractivity contribution is 7.91. The third-order valence-corrected chi connectivity index (χ3v) is 7.85. The Morgan fingerprint density at radius 3 is 2.80 bits per heavy atom. The van der Waals surface area contributed by atoms with E-state index in [1.54, 1.807) is 18.4 Å². The average molecular weight is 444 g/mol. The summed E-state index contributed by atoms with van der Waals surface area (Å²) in [5, 5.41) is 4.40. The summed E-state index contributed by atoms with van der Waals surface area (Å²) >= 11 is -0.878. The minimum atomic E-state index is -3.32. The summed E-state index contributed by atoms with van der Waals surface area (Å²) in [6.07, 6.45) is 1.69. The second-order valence-electron chi connectivity index (χ2n) is 7.60. The Labute approximate surface area is 180 Å². The predicted molar refractivity (Wildman–Crippen MR) is 123 cm³/mol. The summed E-state index contributed by atoms with van der Waals surface area (Å²) in [6.45, 7) is 3.49. The van der Waals surface area contributed by atoms with Gasteiger partial charge in [0.1, 0.15) is 11.6 Å². The van der Waals surface area contributed by atoms with Crippen LogP contribution in [0.4, 0.5) is 11.5 Å². The van der Waals surface area contributed by atoms with Gasteiger partial charge in [-0.05, 0) is 30.7 Å². The normalized spacial score (nSPS) is 16.7. The van der Waals surface area contributed by atoms with Crippen molar-refractivity contribution in [3.63, 3.8) is 0 Å². The van der Waals surface area contributed by atoms with E-state index in [-0.39, 0.29) is 5.75 Å². The topological polar surface area (TPSA) is 85.4 Å². The molecule has 1 aliphatic rings. The van der Waals surface area contributed by atoms with E-state index < -0.39 is 21.0 Å². The number of aryl methyl sites for hydroxylation is 1. The number of pyridine rings is 1. The van der Waals surface area contributed by atoms with Crippen LogP contribution in [-0.4, -0.2) is 48.8 Å². The van der Waals surface area contributed by atoms with Crippen molar-refractivity contribution in [1.29, 1.82) is 0 Å². The Morgan fingerprint density at radius 1 is 1.20 bits per heavy atom. The zero-order valence-electron chi connectivity index (χ0n) is 17.1. The Bertz CT molecular complexity index is 1180. The van der Waals surface area contributed by atoms with Crippen LogP contribution in [0.15, 0.2) is 53.4 Å². The minimum Gasteiger partial charge on any atom is -0.617 e. The van der Waals surface area contributed by atoms with E-state index >= 15 is 0 Å². The molecule has 0 amide bonds. The van der Waals surface area contributed by atoms with Crippen molar-refractivity contribution in [2.24, 2.45) is 0 Å². The maximum absolute atomic E-state index is 12.7. The first-order valence-corrected chi connectivity index (χ1v) is 13.2. The fourth-order valence-electron chi connectivity index (χ4n) is 3.72. The number of sulfone groups is 1. The highest BCUT2D eigenvalue weighted by atomic mass is 32.2. The van der Waals surface area contributed by atoms with Crippen LogP contribution in [0.1, 0.15) is 11.1 Å². The van der Waals surface area contributed by atoms with Gasteiger partial charge in [0.15, 0.2) is 9.84 Å². The zero-order valence-corrected chi connectivity index (χ0v) is 18.7. The molecular formula is C22H25N3O3S2. The van der Waals surface area contributed by atoms with Crippen molar-refractivity contribution >= 4 is 43.4 Å². The maximum Gasteiger partial charge on any atom is 0.180 e. The smallest absolute Gasteiger partial charge is 0.180 e. The highest BCUT2D eigenvalue weighted by Gasteiger charge is 2.26. The van der Waals surface area contributed by atoms with Gasteiger partial charge in [0.05, 0.1) is 29.0 Å². The summed E-state index contributed by atoms with van der Waals surface area (Å²) in [4.78, 5) is 7.27. The molecule has 1 unspecified atom stereocenters. The van der Waals surface area contributed by atoms with Crippen molar-refractivity contribution in [1.82, 2.24) is 4.98 Å². The van der Waals surface area contributed by atoms with Crippen LogP contribution in [0.3, 0.4) is 0 Å². The van der Waals surface area contributed by atoms with E-state index in [0.29, 0.717) is 30.3 Å². The molecule has 4 rings (SSSR count). The van der Waals surface area contributed by atoms with Gasteiger partial charge in [0.25, 0.3) is 0 Å². The fraction of sp³-hybridized carbons (Fsp3) is 0.318. The average Bonchev–Trinajstić information content (AvgIpc) is 2.84. The lowest BCUT2D eigenvalue weighted by Crippen LogP contribution is -2.26. The second kappa shape index (κ2) is 8.45. The quantitative estimate of drug-likeness (QED) is 0.610. The molecule has 0 aliphatic carbocycles. The van der Waals surface area contributed by atoms with Gasteiger partial charge in [-0.3, -0.25) is 0 Å². The molecule has 0 saturated heterocycles. The van der Waals surface area contributed by atoms with E-state index in [9.17, 15) is 13.0 Å². The molecule has 1 N–H and O–H groups in total. The van der Waals surface area contributed by atoms with Crippen LogP contribution in [0, 0.1) is 6.92 Å². The minimum absolute atomic E-state index is 0.0508. The number of fused-ring (bicyclic) bond motifs is 2. The second-order valence-corrected chi connectivity index (χ2v) is 11.2. The molecule has 30 heavy (non-hydrogen) atoms. The molecule has 0 radical (unpaired) electrons. The first-order chi connectivity index (χ1) is 14.3. The Morgan fingerprint density at radius 2 is 2.00 bits per heavy atom.